The fourth-order valence-electron chi connectivity index (χ4n) is 2.93. The van der Waals surface area contributed by atoms with Gasteiger partial charge in [0.1, 0.15) is 11.5 Å². The van der Waals surface area contributed by atoms with Crippen molar-refractivity contribution in [3.05, 3.63) is 59.2 Å². The highest BCUT2D eigenvalue weighted by molar-refractivity contribution is 6.40. The quantitative estimate of drug-likeness (QED) is 0.802. The molecule has 0 spiro atoms. The highest BCUT2D eigenvalue weighted by Gasteiger charge is 2.26. The van der Waals surface area contributed by atoms with Crippen LogP contribution in [-0.4, -0.2) is 24.1 Å². The molecule has 0 saturated heterocycles. The maximum atomic E-state index is 12.5. The third-order valence-electron chi connectivity index (χ3n) is 4.49. The van der Waals surface area contributed by atoms with E-state index in [1.54, 1.807) is 12.1 Å². The van der Waals surface area contributed by atoms with Crippen molar-refractivity contribution < 1.29 is 23.1 Å². The number of benzene rings is 2. The first kappa shape index (κ1) is 20.4. The molecule has 0 aliphatic carbocycles. The zero-order chi connectivity index (χ0) is 21.0. The summed E-state index contributed by atoms with van der Waals surface area (Å²) in [7, 11) is 0. The molecule has 1 aliphatic rings. The lowest BCUT2D eigenvalue weighted by Gasteiger charge is -2.24. The van der Waals surface area contributed by atoms with Crippen LogP contribution in [-0.2, 0) is 16.1 Å². The maximum Gasteiger partial charge on any atom is 0.387 e. The van der Waals surface area contributed by atoms with Gasteiger partial charge < -0.3 is 10.1 Å². The van der Waals surface area contributed by atoms with Crippen LogP contribution in [0, 0.1) is 13.8 Å². The molecule has 1 heterocycles. The Bertz CT molecular complexity index is 943. The van der Waals surface area contributed by atoms with E-state index in [-0.39, 0.29) is 42.7 Å². The van der Waals surface area contributed by atoms with E-state index in [2.05, 4.69) is 15.2 Å². The van der Waals surface area contributed by atoms with Crippen molar-refractivity contribution in [3.8, 4) is 5.75 Å². The second kappa shape index (κ2) is 8.81. The van der Waals surface area contributed by atoms with Crippen molar-refractivity contribution in [2.45, 2.75) is 39.8 Å². The summed E-state index contributed by atoms with van der Waals surface area (Å²) < 4.78 is 28.7. The Balaban J connectivity index is 1.68. The number of hydrogen-bond acceptors (Lipinski definition) is 4. The molecule has 8 heteroatoms. The number of rotatable bonds is 6. The zero-order valence-electron chi connectivity index (χ0n) is 16.1. The molecular formula is C21H21F2N3O3. The number of hydrazone groups is 1. The lowest BCUT2D eigenvalue weighted by molar-refractivity contribution is -0.119. The Morgan fingerprint density at radius 1 is 1.17 bits per heavy atom. The average molecular weight is 401 g/mol. The average Bonchev–Trinajstić information content (AvgIpc) is 2.69. The molecule has 152 valence electrons. The van der Waals surface area contributed by atoms with Crippen LogP contribution in [0.1, 0.15) is 29.5 Å². The largest absolute Gasteiger partial charge is 0.435 e. The fourth-order valence-corrected chi connectivity index (χ4v) is 2.93. The SMILES string of the molecule is Cc1ccc(C)c(N2N=C(C(=O)NCc3ccc(OC(F)F)cc3)CCC2=O)c1. The molecule has 0 saturated carbocycles. The molecule has 3 rings (SSSR count). The lowest BCUT2D eigenvalue weighted by Crippen LogP contribution is -2.39. The summed E-state index contributed by atoms with van der Waals surface area (Å²) in [5.74, 6) is -0.486. The van der Waals surface area contributed by atoms with Gasteiger partial charge in [0.25, 0.3) is 5.91 Å². The smallest absolute Gasteiger partial charge is 0.387 e. The highest BCUT2D eigenvalue weighted by Crippen LogP contribution is 2.25. The maximum absolute atomic E-state index is 12.5. The van der Waals surface area contributed by atoms with Gasteiger partial charge in [-0.15, -0.1) is 0 Å². The minimum absolute atomic E-state index is 0.0504. The molecule has 6 nitrogen and oxygen atoms in total. The van der Waals surface area contributed by atoms with Crippen LogP contribution in [0.25, 0.3) is 0 Å². The van der Waals surface area contributed by atoms with Crippen molar-refractivity contribution in [1.82, 2.24) is 5.32 Å². The van der Waals surface area contributed by atoms with Crippen LogP contribution in [0.4, 0.5) is 14.5 Å². The number of aryl methyl sites for hydroxylation is 2. The van der Waals surface area contributed by atoms with Crippen molar-refractivity contribution >= 4 is 23.2 Å². The predicted octanol–water partition coefficient (Wildman–Crippen LogP) is 3.70. The van der Waals surface area contributed by atoms with Crippen LogP contribution in [0.5, 0.6) is 5.75 Å². The minimum Gasteiger partial charge on any atom is -0.435 e. The monoisotopic (exact) mass is 401 g/mol. The van der Waals surface area contributed by atoms with Gasteiger partial charge in [-0.25, -0.2) is 5.01 Å². The fraction of sp³-hybridized carbons (Fsp3) is 0.286. The van der Waals surface area contributed by atoms with Crippen molar-refractivity contribution in [1.29, 1.82) is 0 Å². The predicted molar refractivity (Wildman–Crippen MR) is 105 cm³/mol. The van der Waals surface area contributed by atoms with Crippen LogP contribution < -0.4 is 15.1 Å². The molecule has 0 atom stereocenters. The first-order valence-electron chi connectivity index (χ1n) is 9.13. The Labute approximate surface area is 167 Å². The van der Waals surface area contributed by atoms with E-state index in [4.69, 9.17) is 0 Å². The second-order valence-corrected chi connectivity index (χ2v) is 6.75. The number of ether oxygens (including phenoxy) is 1. The van der Waals surface area contributed by atoms with Crippen LogP contribution in [0.2, 0.25) is 0 Å². The van der Waals surface area contributed by atoms with E-state index in [1.807, 2.05) is 32.0 Å². The Hall–Kier alpha value is -3.29. The molecule has 0 aromatic heterocycles. The summed E-state index contributed by atoms with van der Waals surface area (Å²) in [5, 5.41) is 8.31. The van der Waals surface area contributed by atoms with Gasteiger partial charge >= 0.3 is 6.61 Å². The van der Waals surface area contributed by atoms with Crippen molar-refractivity contribution in [2.24, 2.45) is 5.10 Å². The number of amides is 2. The van der Waals surface area contributed by atoms with E-state index in [1.165, 1.54) is 17.1 Å². The van der Waals surface area contributed by atoms with E-state index in [9.17, 15) is 18.4 Å². The van der Waals surface area contributed by atoms with Gasteiger partial charge in [-0.2, -0.15) is 13.9 Å². The van der Waals surface area contributed by atoms with Gasteiger partial charge in [-0.05, 0) is 48.7 Å². The van der Waals surface area contributed by atoms with E-state index >= 15 is 0 Å². The lowest BCUT2D eigenvalue weighted by atomic mass is 10.1. The van der Waals surface area contributed by atoms with Gasteiger partial charge in [0.2, 0.25) is 5.91 Å². The van der Waals surface area contributed by atoms with E-state index in [0.29, 0.717) is 5.69 Å². The number of nitrogens with one attached hydrogen (secondary N) is 1. The standard InChI is InChI=1S/C21H21F2N3O3/c1-13-3-4-14(2)18(11-13)26-19(27)10-9-17(25-26)20(28)24-12-15-5-7-16(8-6-15)29-21(22)23/h3-8,11,21H,9-10,12H2,1-2H3,(H,24,28). The number of hydrogen-bond donors (Lipinski definition) is 1. The molecule has 29 heavy (non-hydrogen) atoms. The summed E-state index contributed by atoms with van der Waals surface area (Å²) in [4.78, 5) is 24.9. The van der Waals surface area contributed by atoms with Gasteiger partial charge in [0.15, 0.2) is 0 Å². The second-order valence-electron chi connectivity index (χ2n) is 6.75. The first-order chi connectivity index (χ1) is 13.8. The third-order valence-corrected chi connectivity index (χ3v) is 4.49. The number of nitrogens with zero attached hydrogens (tertiary/aromatic N) is 2. The van der Waals surface area contributed by atoms with Gasteiger partial charge in [0, 0.05) is 19.4 Å². The van der Waals surface area contributed by atoms with Crippen molar-refractivity contribution in [2.75, 3.05) is 5.01 Å². The Morgan fingerprint density at radius 2 is 1.90 bits per heavy atom. The number of carbonyl (C=O) groups is 2. The van der Waals surface area contributed by atoms with Gasteiger partial charge in [0.05, 0.1) is 5.69 Å². The number of carbonyl (C=O) groups excluding carboxylic acids is 2. The molecule has 1 N–H and O–H groups in total. The van der Waals surface area contributed by atoms with Crippen LogP contribution >= 0.6 is 0 Å². The number of halogens is 2. The molecule has 0 radical (unpaired) electrons. The number of alkyl halides is 2. The zero-order valence-corrected chi connectivity index (χ0v) is 16.1. The summed E-state index contributed by atoms with van der Waals surface area (Å²) in [6.45, 7) is 1.12. The van der Waals surface area contributed by atoms with Crippen LogP contribution in [0.15, 0.2) is 47.6 Å². The number of anilines is 1. The van der Waals surface area contributed by atoms with E-state index in [0.717, 1.165) is 16.7 Å². The van der Waals surface area contributed by atoms with Gasteiger partial charge in [-0.1, -0.05) is 24.3 Å². The minimum atomic E-state index is -2.88. The molecule has 0 bridgehead atoms. The van der Waals surface area contributed by atoms with Gasteiger partial charge in [-0.3, -0.25) is 9.59 Å². The third kappa shape index (κ3) is 5.16. The molecule has 2 aromatic rings. The molecule has 0 fully saturated rings. The highest BCUT2D eigenvalue weighted by atomic mass is 19.3. The molecule has 1 aliphatic heterocycles. The molecule has 2 amide bonds. The topological polar surface area (TPSA) is 71.0 Å². The summed E-state index contributed by atoms with van der Waals surface area (Å²) in [6.07, 6.45) is 0.451. The van der Waals surface area contributed by atoms with E-state index < -0.39 is 6.61 Å². The van der Waals surface area contributed by atoms with Crippen LogP contribution in [0.3, 0.4) is 0 Å². The summed E-state index contributed by atoms with van der Waals surface area (Å²) >= 11 is 0. The molecular weight excluding hydrogens is 380 g/mol. The summed E-state index contributed by atoms with van der Waals surface area (Å²) in [6, 6.07) is 11.7. The Morgan fingerprint density at radius 3 is 2.59 bits per heavy atom. The first-order valence-corrected chi connectivity index (χ1v) is 9.13. The normalized spacial score (nSPS) is 14.0. The van der Waals surface area contributed by atoms with Crippen molar-refractivity contribution in [3.63, 3.8) is 0 Å². The summed E-state index contributed by atoms with van der Waals surface area (Å²) in [5.41, 5.74) is 3.53. The molecule has 0 unspecified atom stereocenters. The Kier molecular flexibility index (Phi) is 6.21. The molecule has 2 aromatic carbocycles.